The zero-order chi connectivity index (χ0) is 13.1. The molecule has 2 N–H and O–H groups in total. The molecule has 19 heavy (non-hydrogen) atoms. The molecule has 0 unspecified atom stereocenters. The van der Waals surface area contributed by atoms with Crippen LogP contribution in [-0.4, -0.2) is 9.97 Å². The molecule has 94 valence electrons. The highest BCUT2D eigenvalue weighted by atomic mass is 32.1. The second kappa shape index (κ2) is 5.20. The van der Waals surface area contributed by atoms with Gasteiger partial charge in [0, 0.05) is 23.7 Å². The van der Waals surface area contributed by atoms with Crippen molar-refractivity contribution >= 4 is 17.2 Å². The highest BCUT2D eigenvalue weighted by molar-refractivity contribution is 7.15. The van der Waals surface area contributed by atoms with Crippen LogP contribution in [0.4, 0.5) is 5.82 Å². The van der Waals surface area contributed by atoms with E-state index in [0.29, 0.717) is 5.82 Å². The number of pyridine rings is 1. The molecule has 1 aromatic carbocycles. The summed E-state index contributed by atoms with van der Waals surface area (Å²) in [5.74, 6) is 0.531. The molecule has 0 fully saturated rings. The Balaban J connectivity index is 1.86. The second-order valence-corrected chi connectivity index (χ2v) is 5.35. The molecule has 0 amide bonds. The Morgan fingerprint density at radius 3 is 2.63 bits per heavy atom. The summed E-state index contributed by atoms with van der Waals surface area (Å²) >= 11 is 1.66. The quantitative estimate of drug-likeness (QED) is 0.791. The number of nitrogens with zero attached hydrogens (tertiary/aromatic N) is 2. The molecular weight excluding hydrogens is 254 g/mol. The van der Waals surface area contributed by atoms with Crippen LogP contribution in [0.15, 0.2) is 54.9 Å². The van der Waals surface area contributed by atoms with Gasteiger partial charge in [-0.2, -0.15) is 0 Å². The molecule has 4 heteroatoms. The van der Waals surface area contributed by atoms with Crippen molar-refractivity contribution in [1.82, 2.24) is 9.97 Å². The van der Waals surface area contributed by atoms with Crippen molar-refractivity contribution < 1.29 is 0 Å². The smallest absolute Gasteiger partial charge is 0.133 e. The summed E-state index contributed by atoms with van der Waals surface area (Å²) in [6.07, 6.45) is 4.51. The summed E-state index contributed by atoms with van der Waals surface area (Å²) in [6, 6.07) is 14.2. The Morgan fingerprint density at radius 1 is 1.00 bits per heavy atom. The minimum absolute atomic E-state index is 0.531. The average Bonchev–Trinajstić information content (AvgIpc) is 2.89. The summed E-state index contributed by atoms with van der Waals surface area (Å²) in [5.41, 5.74) is 8.07. The van der Waals surface area contributed by atoms with Crippen LogP contribution in [0.3, 0.4) is 0 Å². The van der Waals surface area contributed by atoms with E-state index in [2.05, 4.69) is 34.2 Å². The van der Waals surface area contributed by atoms with Crippen LogP contribution in [0, 0.1) is 0 Å². The number of rotatable bonds is 3. The van der Waals surface area contributed by atoms with Gasteiger partial charge in [0.25, 0.3) is 0 Å². The van der Waals surface area contributed by atoms with Gasteiger partial charge in [-0.1, -0.05) is 30.3 Å². The highest BCUT2D eigenvalue weighted by Gasteiger charge is 2.08. The van der Waals surface area contributed by atoms with Crippen molar-refractivity contribution in [2.24, 2.45) is 0 Å². The van der Waals surface area contributed by atoms with Crippen LogP contribution in [-0.2, 0) is 6.42 Å². The van der Waals surface area contributed by atoms with E-state index in [9.17, 15) is 0 Å². The van der Waals surface area contributed by atoms with Gasteiger partial charge in [0.2, 0.25) is 0 Å². The molecule has 2 heterocycles. The van der Waals surface area contributed by atoms with Crippen molar-refractivity contribution in [2.75, 3.05) is 5.73 Å². The minimum atomic E-state index is 0.531. The Bertz CT molecular complexity index is 677. The first-order valence-electron chi connectivity index (χ1n) is 6.02. The lowest BCUT2D eigenvalue weighted by molar-refractivity contribution is 1.22. The Morgan fingerprint density at radius 2 is 1.84 bits per heavy atom. The third-order valence-corrected chi connectivity index (χ3v) is 3.87. The lowest BCUT2D eigenvalue weighted by atomic mass is 10.1. The van der Waals surface area contributed by atoms with Crippen LogP contribution in [0.25, 0.3) is 10.6 Å². The second-order valence-electron chi connectivity index (χ2n) is 4.23. The SMILES string of the molecule is Nc1ncccc1-c1ncc(Cc2ccccc2)s1. The molecule has 0 spiro atoms. The maximum absolute atomic E-state index is 5.87. The van der Waals surface area contributed by atoms with Gasteiger partial charge in [-0.25, -0.2) is 9.97 Å². The van der Waals surface area contributed by atoms with Gasteiger partial charge >= 0.3 is 0 Å². The lowest BCUT2D eigenvalue weighted by Crippen LogP contribution is -1.92. The average molecular weight is 267 g/mol. The predicted molar refractivity (Wildman–Crippen MR) is 79.0 cm³/mol. The monoisotopic (exact) mass is 267 g/mol. The topological polar surface area (TPSA) is 51.8 Å². The minimum Gasteiger partial charge on any atom is -0.383 e. The predicted octanol–water partition coefficient (Wildman–Crippen LogP) is 3.38. The molecular formula is C15H13N3S. The summed E-state index contributed by atoms with van der Waals surface area (Å²) in [7, 11) is 0. The standard InChI is InChI=1S/C15H13N3S/c16-14-13(7-4-8-17-14)15-18-10-12(19-15)9-11-5-2-1-3-6-11/h1-8,10H,9H2,(H2,16,17). The molecule has 0 saturated heterocycles. The first-order chi connectivity index (χ1) is 9.33. The van der Waals surface area contributed by atoms with Crippen molar-refractivity contribution in [3.8, 4) is 10.6 Å². The molecule has 3 rings (SSSR count). The molecule has 0 bridgehead atoms. The van der Waals surface area contributed by atoms with Gasteiger partial charge in [-0.3, -0.25) is 0 Å². The van der Waals surface area contributed by atoms with E-state index in [1.807, 2.05) is 24.4 Å². The van der Waals surface area contributed by atoms with Gasteiger partial charge in [-0.15, -0.1) is 11.3 Å². The number of hydrogen-bond acceptors (Lipinski definition) is 4. The summed E-state index contributed by atoms with van der Waals surface area (Å²) < 4.78 is 0. The molecule has 3 aromatic rings. The highest BCUT2D eigenvalue weighted by Crippen LogP contribution is 2.29. The third kappa shape index (κ3) is 2.63. The fourth-order valence-corrected chi connectivity index (χ4v) is 2.89. The zero-order valence-electron chi connectivity index (χ0n) is 10.3. The fourth-order valence-electron chi connectivity index (χ4n) is 1.91. The Kier molecular flexibility index (Phi) is 3.25. The van der Waals surface area contributed by atoms with Crippen molar-refractivity contribution in [3.63, 3.8) is 0 Å². The van der Waals surface area contributed by atoms with Gasteiger partial charge in [0.15, 0.2) is 0 Å². The van der Waals surface area contributed by atoms with E-state index in [4.69, 9.17) is 5.73 Å². The number of nitrogens with two attached hydrogens (primary N) is 1. The van der Waals surface area contributed by atoms with E-state index < -0.39 is 0 Å². The first kappa shape index (κ1) is 11.9. The third-order valence-electron chi connectivity index (χ3n) is 2.84. The van der Waals surface area contributed by atoms with E-state index in [-0.39, 0.29) is 0 Å². The normalized spacial score (nSPS) is 10.5. The molecule has 0 radical (unpaired) electrons. The van der Waals surface area contributed by atoms with E-state index in [1.165, 1.54) is 10.4 Å². The molecule has 0 saturated carbocycles. The van der Waals surface area contributed by atoms with E-state index >= 15 is 0 Å². The fraction of sp³-hybridized carbons (Fsp3) is 0.0667. The molecule has 0 atom stereocenters. The van der Waals surface area contributed by atoms with Gasteiger partial charge in [0.05, 0.1) is 5.56 Å². The summed E-state index contributed by atoms with van der Waals surface area (Å²) in [6.45, 7) is 0. The molecule has 3 nitrogen and oxygen atoms in total. The van der Waals surface area contributed by atoms with Crippen LogP contribution in [0.2, 0.25) is 0 Å². The number of nitrogen functional groups attached to an aromatic ring is 1. The number of anilines is 1. The van der Waals surface area contributed by atoms with Gasteiger partial charge in [-0.05, 0) is 17.7 Å². The molecule has 2 aromatic heterocycles. The molecule has 0 aliphatic rings. The zero-order valence-corrected chi connectivity index (χ0v) is 11.1. The van der Waals surface area contributed by atoms with Crippen LogP contribution >= 0.6 is 11.3 Å². The maximum Gasteiger partial charge on any atom is 0.133 e. The number of aromatic nitrogens is 2. The van der Waals surface area contributed by atoms with E-state index in [1.54, 1.807) is 17.5 Å². The Hall–Kier alpha value is -2.20. The maximum atomic E-state index is 5.87. The summed E-state index contributed by atoms with van der Waals surface area (Å²) in [4.78, 5) is 9.76. The Labute approximate surface area is 115 Å². The van der Waals surface area contributed by atoms with Crippen LogP contribution in [0.1, 0.15) is 10.4 Å². The van der Waals surface area contributed by atoms with Gasteiger partial charge in [0.1, 0.15) is 10.8 Å². The van der Waals surface area contributed by atoms with E-state index in [0.717, 1.165) is 17.0 Å². The number of benzene rings is 1. The lowest BCUT2D eigenvalue weighted by Gasteiger charge is -1.99. The van der Waals surface area contributed by atoms with Crippen molar-refractivity contribution in [3.05, 3.63) is 65.3 Å². The number of hydrogen-bond donors (Lipinski definition) is 1. The largest absolute Gasteiger partial charge is 0.383 e. The van der Waals surface area contributed by atoms with Gasteiger partial charge < -0.3 is 5.73 Å². The van der Waals surface area contributed by atoms with Crippen molar-refractivity contribution in [2.45, 2.75) is 6.42 Å². The van der Waals surface area contributed by atoms with Crippen LogP contribution < -0.4 is 5.73 Å². The number of thiazole rings is 1. The molecule has 0 aliphatic carbocycles. The van der Waals surface area contributed by atoms with Crippen LogP contribution in [0.5, 0.6) is 0 Å². The molecule has 0 aliphatic heterocycles. The summed E-state index contributed by atoms with van der Waals surface area (Å²) in [5, 5.41) is 0.927. The first-order valence-corrected chi connectivity index (χ1v) is 6.84. The van der Waals surface area contributed by atoms with Crippen molar-refractivity contribution in [1.29, 1.82) is 0 Å².